The van der Waals surface area contributed by atoms with Crippen LogP contribution in [-0.2, 0) is 23.7 Å². The van der Waals surface area contributed by atoms with E-state index in [9.17, 15) is 56.2 Å². The van der Waals surface area contributed by atoms with Crippen molar-refractivity contribution in [3.63, 3.8) is 0 Å². The third-order valence-electron chi connectivity index (χ3n) is 6.09. The molecular weight excluding hydrogens is 472 g/mol. The summed E-state index contributed by atoms with van der Waals surface area (Å²) < 4.78 is 26.4. The molecule has 0 amide bonds. The van der Waals surface area contributed by atoms with Gasteiger partial charge in [-0.3, -0.25) is 0 Å². The van der Waals surface area contributed by atoms with Gasteiger partial charge in [0.1, 0.15) is 73.2 Å². The molecule has 200 valence electrons. The maximum atomic E-state index is 10.6. The maximum absolute atomic E-state index is 10.6. The Morgan fingerprint density at radius 2 is 0.853 bits per heavy atom. The van der Waals surface area contributed by atoms with Crippen molar-refractivity contribution < 1.29 is 79.9 Å². The van der Waals surface area contributed by atoms with Crippen LogP contribution in [0, 0.1) is 0 Å². The molecular formula is C18H32O16. The summed E-state index contributed by atoms with van der Waals surface area (Å²) in [6.45, 7) is -2.32. The van der Waals surface area contributed by atoms with Crippen LogP contribution in [-0.4, -0.2) is 168 Å². The van der Waals surface area contributed by atoms with Crippen molar-refractivity contribution in [3.8, 4) is 0 Å². The Morgan fingerprint density at radius 3 is 1.35 bits per heavy atom. The van der Waals surface area contributed by atoms with Gasteiger partial charge < -0.3 is 79.9 Å². The predicted octanol–water partition coefficient (Wildman–Crippen LogP) is -7.57. The van der Waals surface area contributed by atoms with Crippen molar-refractivity contribution >= 4 is 0 Å². The van der Waals surface area contributed by atoms with E-state index in [0.717, 1.165) is 0 Å². The Kier molecular flexibility index (Phi) is 9.54. The third kappa shape index (κ3) is 5.37. The van der Waals surface area contributed by atoms with Crippen molar-refractivity contribution in [3.05, 3.63) is 0 Å². The van der Waals surface area contributed by atoms with E-state index in [4.69, 9.17) is 23.7 Å². The van der Waals surface area contributed by atoms with Gasteiger partial charge in [-0.1, -0.05) is 0 Å². The van der Waals surface area contributed by atoms with Crippen molar-refractivity contribution in [2.75, 3.05) is 19.8 Å². The standard InChI is InChI=1S/C18H32O16/c19-1-4-7(22)8(23)12(27)17(31-4)34-15-6(3-21)32-18(13(28)10(15)25)33-14-5(2-20)30-16(29)11(26)9(14)24/h4-29H,1-3H2/t4-,5-,6-,7-,8+,9-,10-,11-,12-,13-,14-,15-,16?,17+,18-/m1/s1. The molecule has 3 rings (SSSR count). The number of hydrogen-bond acceptors (Lipinski definition) is 16. The first-order valence-electron chi connectivity index (χ1n) is 10.6. The summed E-state index contributed by atoms with van der Waals surface area (Å²) in [5.41, 5.74) is 0. The SMILES string of the molecule is OC[C@H]1O[C@@H](O[C@H]2[C@H](O)[C@@H](O)[C@@H](O[C@H]3[C@H](O)[C@@H](O)C(O)O[C@@H]3CO)O[C@@H]2CO)[C@H](O)[C@@H](O)[C@@H]1O. The summed E-state index contributed by atoms with van der Waals surface area (Å²) in [4.78, 5) is 0. The van der Waals surface area contributed by atoms with Gasteiger partial charge in [0.25, 0.3) is 0 Å². The summed E-state index contributed by atoms with van der Waals surface area (Å²) in [6, 6.07) is 0. The average molecular weight is 504 g/mol. The molecule has 34 heavy (non-hydrogen) atoms. The lowest BCUT2D eigenvalue weighted by atomic mass is 9.96. The lowest BCUT2D eigenvalue weighted by molar-refractivity contribution is -0.377. The minimum absolute atomic E-state index is 0.741. The lowest BCUT2D eigenvalue weighted by Gasteiger charge is -2.47. The Bertz CT molecular complexity index is 635. The highest BCUT2D eigenvalue weighted by molar-refractivity contribution is 4.96. The Hall–Kier alpha value is -0.640. The van der Waals surface area contributed by atoms with Crippen molar-refractivity contribution in [1.29, 1.82) is 0 Å². The van der Waals surface area contributed by atoms with Gasteiger partial charge >= 0.3 is 0 Å². The Labute approximate surface area is 192 Å². The van der Waals surface area contributed by atoms with Crippen LogP contribution in [0.4, 0.5) is 0 Å². The van der Waals surface area contributed by atoms with E-state index < -0.39 is 112 Å². The molecule has 0 aliphatic carbocycles. The largest absolute Gasteiger partial charge is 0.394 e. The number of ether oxygens (including phenoxy) is 5. The molecule has 0 radical (unpaired) electrons. The summed E-state index contributed by atoms with van der Waals surface area (Å²) in [5.74, 6) is 0. The zero-order chi connectivity index (χ0) is 25.3. The molecule has 16 heteroatoms. The number of hydrogen-bond donors (Lipinski definition) is 11. The summed E-state index contributed by atoms with van der Waals surface area (Å²) in [5, 5.41) is 109. The molecule has 3 aliphatic rings. The van der Waals surface area contributed by atoms with Gasteiger partial charge in [-0.15, -0.1) is 0 Å². The molecule has 15 atom stereocenters. The van der Waals surface area contributed by atoms with E-state index in [-0.39, 0.29) is 0 Å². The molecule has 3 fully saturated rings. The fourth-order valence-electron chi connectivity index (χ4n) is 4.06. The highest BCUT2D eigenvalue weighted by Gasteiger charge is 2.53. The molecule has 1 unspecified atom stereocenters. The molecule has 11 N–H and O–H groups in total. The van der Waals surface area contributed by atoms with E-state index in [1.807, 2.05) is 0 Å². The smallest absolute Gasteiger partial charge is 0.187 e. The van der Waals surface area contributed by atoms with E-state index in [0.29, 0.717) is 0 Å². The number of rotatable bonds is 7. The van der Waals surface area contributed by atoms with Gasteiger partial charge in [0.05, 0.1) is 19.8 Å². The highest BCUT2D eigenvalue weighted by Crippen LogP contribution is 2.32. The van der Waals surface area contributed by atoms with E-state index in [1.54, 1.807) is 0 Å². The first kappa shape index (κ1) is 27.9. The van der Waals surface area contributed by atoms with Gasteiger partial charge in [-0.2, -0.15) is 0 Å². The second-order valence-electron chi connectivity index (χ2n) is 8.33. The van der Waals surface area contributed by atoms with Crippen LogP contribution in [0.2, 0.25) is 0 Å². The molecule has 0 aromatic rings. The van der Waals surface area contributed by atoms with Crippen LogP contribution in [0.15, 0.2) is 0 Å². The maximum Gasteiger partial charge on any atom is 0.187 e. The Balaban J connectivity index is 1.72. The van der Waals surface area contributed by atoms with Crippen LogP contribution in [0.5, 0.6) is 0 Å². The topological polar surface area (TPSA) is 269 Å². The van der Waals surface area contributed by atoms with Gasteiger partial charge in [0.15, 0.2) is 18.9 Å². The molecule has 0 spiro atoms. The monoisotopic (exact) mass is 504 g/mol. The molecule has 0 aromatic heterocycles. The molecule has 0 bridgehead atoms. The summed E-state index contributed by atoms with van der Waals surface area (Å²) in [7, 11) is 0. The molecule has 0 aromatic carbocycles. The number of aliphatic hydroxyl groups is 11. The Morgan fingerprint density at radius 1 is 0.441 bits per heavy atom. The van der Waals surface area contributed by atoms with Crippen LogP contribution < -0.4 is 0 Å². The van der Waals surface area contributed by atoms with E-state index >= 15 is 0 Å². The third-order valence-corrected chi connectivity index (χ3v) is 6.09. The van der Waals surface area contributed by atoms with Gasteiger partial charge in [0.2, 0.25) is 0 Å². The van der Waals surface area contributed by atoms with E-state index in [2.05, 4.69) is 0 Å². The summed E-state index contributed by atoms with van der Waals surface area (Å²) >= 11 is 0. The fraction of sp³-hybridized carbons (Fsp3) is 1.00. The molecule has 0 saturated carbocycles. The molecule has 3 saturated heterocycles. The second kappa shape index (κ2) is 11.6. The zero-order valence-electron chi connectivity index (χ0n) is 17.7. The van der Waals surface area contributed by atoms with Crippen LogP contribution in [0.3, 0.4) is 0 Å². The molecule has 16 nitrogen and oxygen atoms in total. The minimum Gasteiger partial charge on any atom is -0.394 e. The number of aliphatic hydroxyl groups excluding tert-OH is 11. The van der Waals surface area contributed by atoms with Crippen LogP contribution in [0.25, 0.3) is 0 Å². The normalized spacial score (nSPS) is 52.5. The van der Waals surface area contributed by atoms with Crippen molar-refractivity contribution in [2.24, 2.45) is 0 Å². The summed E-state index contributed by atoms with van der Waals surface area (Å²) in [6.07, 6.45) is -25.1. The van der Waals surface area contributed by atoms with Crippen molar-refractivity contribution in [1.82, 2.24) is 0 Å². The highest BCUT2D eigenvalue weighted by atomic mass is 16.8. The van der Waals surface area contributed by atoms with Gasteiger partial charge in [0, 0.05) is 0 Å². The van der Waals surface area contributed by atoms with Crippen molar-refractivity contribution in [2.45, 2.75) is 92.1 Å². The van der Waals surface area contributed by atoms with Gasteiger partial charge in [-0.25, -0.2) is 0 Å². The van der Waals surface area contributed by atoms with Crippen LogP contribution >= 0.6 is 0 Å². The lowest BCUT2D eigenvalue weighted by Crippen LogP contribution is -2.66. The zero-order valence-corrected chi connectivity index (χ0v) is 17.7. The quantitative estimate of drug-likeness (QED) is 0.154. The van der Waals surface area contributed by atoms with E-state index in [1.165, 1.54) is 0 Å². The minimum atomic E-state index is -1.91. The second-order valence-corrected chi connectivity index (χ2v) is 8.33. The molecule has 3 heterocycles. The molecule has 3 aliphatic heterocycles. The predicted molar refractivity (Wildman–Crippen MR) is 101 cm³/mol. The fourth-order valence-corrected chi connectivity index (χ4v) is 4.06. The van der Waals surface area contributed by atoms with Crippen LogP contribution in [0.1, 0.15) is 0 Å². The van der Waals surface area contributed by atoms with Gasteiger partial charge in [-0.05, 0) is 0 Å². The average Bonchev–Trinajstić information content (AvgIpc) is 2.83. The first-order valence-corrected chi connectivity index (χ1v) is 10.6. The first-order chi connectivity index (χ1) is 16.0.